The van der Waals surface area contributed by atoms with E-state index in [1.807, 2.05) is 38.4 Å². The predicted molar refractivity (Wildman–Crippen MR) is 72.7 cm³/mol. The maximum atomic E-state index is 11.9. The van der Waals surface area contributed by atoms with Gasteiger partial charge < -0.3 is 10.4 Å². The highest BCUT2D eigenvalue weighted by Gasteiger charge is 2.47. The zero-order chi connectivity index (χ0) is 14.2. The molecule has 19 heavy (non-hydrogen) atoms. The molecule has 2 atom stereocenters. The molecule has 5 nitrogen and oxygen atoms in total. The lowest BCUT2D eigenvalue weighted by Gasteiger charge is -2.49. The lowest BCUT2D eigenvalue weighted by molar-refractivity contribution is -0.129. The van der Waals surface area contributed by atoms with E-state index in [1.54, 1.807) is 0 Å². The molecule has 2 rings (SSSR count). The van der Waals surface area contributed by atoms with Gasteiger partial charge in [-0.1, -0.05) is 13.8 Å². The Morgan fingerprint density at radius 1 is 1.58 bits per heavy atom. The second-order valence-corrected chi connectivity index (χ2v) is 6.09. The van der Waals surface area contributed by atoms with Crippen LogP contribution in [0.3, 0.4) is 0 Å². The van der Waals surface area contributed by atoms with Gasteiger partial charge in [0.05, 0.1) is 11.8 Å². The Bertz CT molecular complexity index is 479. The van der Waals surface area contributed by atoms with Crippen molar-refractivity contribution in [3.63, 3.8) is 0 Å². The third kappa shape index (κ3) is 2.81. The topological polar surface area (TPSA) is 67.2 Å². The number of nitrogens with zero attached hydrogens (tertiary/aromatic N) is 2. The number of aliphatic hydroxyl groups excluding tert-OH is 1. The van der Waals surface area contributed by atoms with E-state index in [-0.39, 0.29) is 23.5 Å². The number of hydrogen-bond donors (Lipinski definition) is 2. The first-order valence-corrected chi connectivity index (χ1v) is 6.79. The normalized spacial score (nSPS) is 24.9. The van der Waals surface area contributed by atoms with Crippen molar-refractivity contribution in [2.75, 3.05) is 0 Å². The first-order chi connectivity index (χ1) is 8.80. The molecule has 1 aliphatic carbocycles. The van der Waals surface area contributed by atoms with Crippen molar-refractivity contribution in [1.29, 1.82) is 0 Å². The summed E-state index contributed by atoms with van der Waals surface area (Å²) in [6.45, 7) is 8.49. The summed E-state index contributed by atoms with van der Waals surface area (Å²) in [4.78, 5) is 11.9. The third-order valence-corrected chi connectivity index (χ3v) is 4.21. The van der Waals surface area contributed by atoms with Gasteiger partial charge in [-0.05, 0) is 26.3 Å². The molecule has 0 saturated heterocycles. The van der Waals surface area contributed by atoms with Crippen molar-refractivity contribution < 1.29 is 9.90 Å². The van der Waals surface area contributed by atoms with E-state index < -0.39 is 0 Å². The average Bonchev–Trinajstić information content (AvgIpc) is 2.65. The van der Waals surface area contributed by atoms with Crippen molar-refractivity contribution in [3.8, 4) is 0 Å². The van der Waals surface area contributed by atoms with Crippen LogP contribution in [0.5, 0.6) is 0 Å². The van der Waals surface area contributed by atoms with E-state index in [0.717, 1.165) is 11.4 Å². The average molecular weight is 265 g/mol. The molecule has 1 heterocycles. The minimum Gasteiger partial charge on any atom is -0.392 e. The van der Waals surface area contributed by atoms with Gasteiger partial charge >= 0.3 is 0 Å². The van der Waals surface area contributed by atoms with Gasteiger partial charge in [0.25, 0.3) is 0 Å². The molecule has 0 aliphatic heterocycles. The zero-order valence-corrected chi connectivity index (χ0v) is 12.1. The molecular weight excluding hydrogens is 242 g/mol. The van der Waals surface area contributed by atoms with Gasteiger partial charge in [-0.3, -0.25) is 9.48 Å². The van der Waals surface area contributed by atoms with E-state index in [4.69, 9.17) is 0 Å². The first-order valence-electron chi connectivity index (χ1n) is 6.79. The van der Waals surface area contributed by atoms with E-state index in [0.29, 0.717) is 19.4 Å². The van der Waals surface area contributed by atoms with Crippen LogP contribution >= 0.6 is 0 Å². The lowest BCUT2D eigenvalue weighted by Crippen LogP contribution is -2.61. The number of rotatable bonds is 4. The highest BCUT2D eigenvalue weighted by atomic mass is 16.3. The summed E-state index contributed by atoms with van der Waals surface area (Å²) in [6.07, 6.45) is 0.761. The SMILES string of the molecule is Cc1cc(C)n(CCC(=O)NC2CC(O)C2(C)C)n1. The molecule has 1 saturated carbocycles. The number of nitrogens with one attached hydrogen (secondary N) is 1. The molecular formula is C14H23N3O2. The largest absolute Gasteiger partial charge is 0.392 e. The fraction of sp³-hybridized carbons (Fsp3) is 0.714. The highest BCUT2D eigenvalue weighted by Crippen LogP contribution is 2.40. The van der Waals surface area contributed by atoms with Crippen molar-refractivity contribution in [2.45, 2.75) is 59.2 Å². The number of hydrogen-bond acceptors (Lipinski definition) is 3. The monoisotopic (exact) mass is 265 g/mol. The summed E-state index contributed by atoms with van der Waals surface area (Å²) in [5, 5.41) is 17.0. The third-order valence-electron chi connectivity index (χ3n) is 4.21. The van der Waals surface area contributed by atoms with Gasteiger partial charge in [-0.15, -0.1) is 0 Å². The van der Waals surface area contributed by atoms with Gasteiger partial charge in [-0.2, -0.15) is 5.10 Å². The molecule has 106 valence electrons. The van der Waals surface area contributed by atoms with E-state index >= 15 is 0 Å². The quantitative estimate of drug-likeness (QED) is 0.858. The Kier molecular flexibility index (Phi) is 3.67. The number of aliphatic hydroxyl groups is 1. The Morgan fingerprint density at radius 3 is 2.74 bits per heavy atom. The molecule has 1 fully saturated rings. The molecule has 1 aromatic heterocycles. The molecule has 5 heteroatoms. The van der Waals surface area contributed by atoms with Crippen molar-refractivity contribution >= 4 is 5.91 Å². The fourth-order valence-corrected chi connectivity index (χ4v) is 2.52. The number of aryl methyl sites for hydroxylation is 3. The molecule has 0 aromatic carbocycles. The maximum Gasteiger partial charge on any atom is 0.222 e. The maximum absolute atomic E-state index is 11.9. The molecule has 0 bridgehead atoms. The zero-order valence-electron chi connectivity index (χ0n) is 12.1. The van der Waals surface area contributed by atoms with Crippen LogP contribution in [-0.2, 0) is 11.3 Å². The Hall–Kier alpha value is -1.36. The van der Waals surface area contributed by atoms with Crippen molar-refractivity contribution in [1.82, 2.24) is 15.1 Å². The summed E-state index contributed by atoms with van der Waals surface area (Å²) in [6, 6.07) is 2.08. The van der Waals surface area contributed by atoms with Gasteiger partial charge in [0.15, 0.2) is 0 Å². The standard InChI is InChI=1S/C14H23N3O2/c1-9-7-10(2)17(16-9)6-5-13(19)15-11-8-12(18)14(11,3)4/h7,11-12,18H,5-6,8H2,1-4H3,(H,15,19). The van der Waals surface area contributed by atoms with E-state index in [9.17, 15) is 9.90 Å². The fourth-order valence-electron chi connectivity index (χ4n) is 2.52. The summed E-state index contributed by atoms with van der Waals surface area (Å²) >= 11 is 0. The van der Waals surface area contributed by atoms with Crippen LogP contribution in [0.1, 0.15) is 38.1 Å². The van der Waals surface area contributed by atoms with Crippen LogP contribution in [0, 0.1) is 19.3 Å². The smallest absolute Gasteiger partial charge is 0.222 e. The minimum atomic E-state index is -0.311. The van der Waals surface area contributed by atoms with Crippen LogP contribution < -0.4 is 5.32 Å². The number of carbonyl (C=O) groups excluding carboxylic acids is 1. The molecule has 1 aliphatic rings. The van der Waals surface area contributed by atoms with Crippen LogP contribution in [0.15, 0.2) is 6.07 Å². The summed E-state index contributed by atoms with van der Waals surface area (Å²) in [7, 11) is 0. The molecule has 1 amide bonds. The Balaban J connectivity index is 1.81. The van der Waals surface area contributed by atoms with Gasteiger partial charge in [0, 0.05) is 30.1 Å². The van der Waals surface area contributed by atoms with Crippen molar-refractivity contribution in [3.05, 3.63) is 17.5 Å². The van der Waals surface area contributed by atoms with Gasteiger partial charge in [0.2, 0.25) is 5.91 Å². The molecule has 2 N–H and O–H groups in total. The molecule has 0 spiro atoms. The van der Waals surface area contributed by atoms with E-state index in [2.05, 4.69) is 10.4 Å². The van der Waals surface area contributed by atoms with Gasteiger partial charge in [-0.25, -0.2) is 0 Å². The predicted octanol–water partition coefficient (Wildman–Crippen LogP) is 1.17. The number of aromatic nitrogens is 2. The first kappa shape index (κ1) is 14.1. The molecule has 1 aromatic rings. The second kappa shape index (κ2) is 4.96. The summed E-state index contributed by atoms with van der Waals surface area (Å²) in [5.41, 5.74) is 1.83. The summed E-state index contributed by atoms with van der Waals surface area (Å²) < 4.78 is 1.86. The summed E-state index contributed by atoms with van der Waals surface area (Å²) in [5.74, 6) is 0.0255. The van der Waals surface area contributed by atoms with Crippen LogP contribution in [-0.4, -0.2) is 32.9 Å². The highest BCUT2D eigenvalue weighted by molar-refractivity contribution is 5.76. The van der Waals surface area contributed by atoms with Gasteiger partial charge in [0.1, 0.15) is 0 Å². The van der Waals surface area contributed by atoms with Crippen LogP contribution in [0.2, 0.25) is 0 Å². The lowest BCUT2D eigenvalue weighted by atomic mass is 9.64. The minimum absolute atomic E-state index is 0.0255. The second-order valence-electron chi connectivity index (χ2n) is 6.09. The Morgan fingerprint density at radius 2 is 2.26 bits per heavy atom. The number of amides is 1. The molecule has 2 unspecified atom stereocenters. The van der Waals surface area contributed by atoms with Crippen molar-refractivity contribution in [2.24, 2.45) is 5.41 Å². The van der Waals surface area contributed by atoms with E-state index in [1.165, 1.54) is 0 Å². The molecule has 0 radical (unpaired) electrons. The Labute approximate surface area is 114 Å². The number of carbonyl (C=O) groups is 1. The van der Waals surface area contributed by atoms with Crippen LogP contribution in [0.25, 0.3) is 0 Å². The van der Waals surface area contributed by atoms with Crippen LogP contribution in [0.4, 0.5) is 0 Å².